The van der Waals surface area contributed by atoms with E-state index in [-0.39, 0.29) is 17.6 Å². The van der Waals surface area contributed by atoms with Gasteiger partial charge in [-0.15, -0.1) is 0 Å². The number of carbonyl (C=O) groups is 1. The number of benzene rings is 1. The number of aromatic nitrogens is 2. The average Bonchev–Trinajstić information content (AvgIpc) is 2.83. The molecule has 1 aromatic heterocycles. The van der Waals surface area contributed by atoms with Gasteiger partial charge in [-0.05, 0) is 58.4 Å². The van der Waals surface area contributed by atoms with Gasteiger partial charge in [-0.25, -0.2) is 0 Å². The Hall–Kier alpha value is -2.14. The third kappa shape index (κ3) is 4.10. The van der Waals surface area contributed by atoms with Crippen molar-refractivity contribution in [2.75, 3.05) is 13.1 Å². The van der Waals surface area contributed by atoms with E-state index in [1.807, 2.05) is 61.5 Å². The van der Waals surface area contributed by atoms with Crippen molar-refractivity contribution < 1.29 is 9.53 Å². The lowest BCUT2D eigenvalue weighted by Gasteiger charge is -2.41. The zero-order chi connectivity index (χ0) is 18.2. The molecular weight excluding hydrogens is 314 g/mol. The lowest BCUT2D eigenvalue weighted by Crippen LogP contribution is -2.53. The number of aryl methyl sites for hydroxylation is 2. The molecule has 1 atom stereocenters. The van der Waals surface area contributed by atoms with Crippen molar-refractivity contribution in [3.05, 3.63) is 52.8 Å². The van der Waals surface area contributed by atoms with Crippen LogP contribution in [0.15, 0.2) is 30.3 Å². The summed E-state index contributed by atoms with van der Waals surface area (Å²) >= 11 is 0. The second-order valence-electron chi connectivity index (χ2n) is 7.66. The molecule has 2 heterocycles. The van der Waals surface area contributed by atoms with Gasteiger partial charge in [0.15, 0.2) is 0 Å². The third-order valence-corrected chi connectivity index (χ3v) is 4.49. The maximum atomic E-state index is 12.8. The molecule has 25 heavy (non-hydrogen) atoms. The summed E-state index contributed by atoms with van der Waals surface area (Å²) in [7, 11) is 0. The van der Waals surface area contributed by atoms with Crippen LogP contribution in [0.2, 0.25) is 0 Å². The number of carbonyl (C=O) groups excluding carboxylic acids is 1. The number of ether oxygens (including phenoxy) is 1. The van der Waals surface area contributed by atoms with E-state index in [1.54, 1.807) is 0 Å². The van der Waals surface area contributed by atoms with Gasteiger partial charge in [0.25, 0.3) is 5.91 Å². The van der Waals surface area contributed by atoms with Crippen molar-refractivity contribution in [3.63, 3.8) is 0 Å². The summed E-state index contributed by atoms with van der Waals surface area (Å²) in [5, 5.41) is 4.49. The van der Waals surface area contributed by atoms with Crippen LogP contribution in [-0.4, -0.2) is 45.4 Å². The Labute approximate surface area is 149 Å². The zero-order valence-corrected chi connectivity index (χ0v) is 15.7. The van der Waals surface area contributed by atoms with Gasteiger partial charge < -0.3 is 9.64 Å². The number of hydrogen-bond donors (Lipinski definition) is 0. The Balaban J connectivity index is 1.71. The summed E-state index contributed by atoms with van der Waals surface area (Å²) in [6.07, 6.45) is 0.0537. The molecule has 0 N–H and O–H groups in total. The largest absolute Gasteiger partial charge is 0.369 e. The molecule has 1 aromatic carbocycles. The molecular formula is C20H27N3O2. The zero-order valence-electron chi connectivity index (χ0n) is 15.7. The van der Waals surface area contributed by atoms with Gasteiger partial charge in [0.05, 0.1) is 23.9 Å². The predicted molar refractivity (Wildman–Crippen MR) is 97.8 cm³/mol. The number of rotatable bonds is 3. The van der Waals surface area contributed by atoms with E-state index in [0.29, 0.717) is 13.1 Å². The Morgan fingerprint density at radius 1 is 1.28 bits per heavy atom. The number of hydrogen-bond acceptors (Lipinski definition) is 3. The highest BCUT2D eigenvalue weighted by Crippen LogP contribution is 2.22. The lowest BCUT2D eigenvalue weighted by atomic mass is 10.0. The van der Waals surface area contributed by atoms with E-state index < -0.39 is 0 Å². The van der Waals surface area contributed by atoms with Crippen LogP contribution in [0.5, 0.6) is 0 Å². The maximum absolute atomic E-state index is 12.8. The predicted octanol–water partition coefficient (Wildman–Crippen LogP) is 3.19. The lowest BCUT2D eigenvalue weighted by molar-refractivity contribution is -0.118. The summed E-state index contributed by atoms with van der Waals surface area (Å²) in [5.41, 5.74) is 3.72. The van der Waals surface area contributed by atoms with Crippen molar-refractivity contribution in [3.8, 4) is 0 Å². The van der Waals surface area contributed by atoms with Gasteiger partial charge in [0.1, 0.15) is 0 Å². The molecule has 1 amide bonds. The molecule has 1 saturated heterocycles. The van der Waals surface area contributed by atoms with E-state index >= 15 is 0 Å². The molecule has 5 heteroatoms. The molecule has 134 valence electrons. The maximum Gasteiger partial charge on any atom is 0.254 e. The van der Waals surface area contributed by atoms with E-state index in [0.717, 1.165) is 29.1 Å². The van der Waals surface area contributed by atoms with E-state index in [1.165, 1.54) is 0 Å². The Bertz CT molecular complexity index is 762. The molecule has 0 bridgehead atoms. The van der Waals surface area contributed by atoms with Gasteiger partial charge in [0.2, 0.25) is 0 Å². The van der Waals surface area contributed by atoms with Crippen LogP contribution in [0.25, 0.3) is 0 Å². The van der Waals surface area contributed by atoms with Crippen molar-refractivity contribution in [1.82, 2.24) is 14.7 Å². The molecule has 0 radical (unpaired) electrons. The standard InChI is InChI=1S/C20H27N3O2/c1-14-10-15(2)23(21-14)12-17-6-8-18(9-7-17)19(24)22-11-16(3)25-20(4,5)13-22/h6-10,16H,11-13H2,1-5H3/t16-/m1/s1. The van der Waals surface area contributed by atoms with Crippen molar-refractivity contribution in [2.45, 2.75) is 52.9 Å². The van der Waals surface area contributed by atoms with Gasteiger partial charge in [-0.1, -0.05) is 12.1 Å². The van der Waals surface area contributed by atoms with E-state index in [2.05, 4.69) is 18.1 Å². The first-order valence-electron chi connectivity index (χ1n) is 8.80. The second kappa shape index (κ2) is 6.64. The average molecular weight is 341 g/mol. The van der Waals surface area contributed by atoms with Crippen LogP contribution in [-0.2, 0) is 11.3 Å². The molecule has 1 aliphatic rings. The molecule has 1 fully saturated rings. The molecule has 1 aliphatic heterocycles. The topological polar surface area (TPSA) is 47.4 Å². The molecule has 5 nitrogen and oxygen atoms in total. The number of morpholine rings is 1. The Morgan fingerprint density at radius 3 is 2.52 bits per heavy atom. The van der Waals surface area contributed by atoms with Gasteiger partial charge in [-0.3, -0.25) is 9.48 Å². The summed E-state index contributed by atoms with van der Waals surface area (Å²) in [6, 6.07) is 9.92. The number of amides is 1. The summed E-state index contributed by atoms with van der Waals surface area (Å²) in [6.45, 7) is 12.1. The Kier molecular flexibility index (Phi) is 4.69. The first-order valence-corrected chi connectivity index (χ1v) is 8.80. The fourth-order valence-corrected chi connectivity index (χ4v) is 3.55. The second-order valence-corrected chi connectivity index (χ2v) is 7.66. The highest BCUT2D eigenvalue weighted by molar-refractivity contribution is 5.94. The highest BCUT2D eigenvalue weighted by Gasteiger charge is 2.33. The SMILES string of the molecule is Cc1cc(C)n(Cc2ccc(C(=O)N3C[C@@H](C)OC(C)(C)C3)cc2)n1. The quantitative estimate of drug-likeness (QED) is 0.861. The molecule has 0 spiro atoms. The first kappa shape index (κ1) is 17.7. The third-order valence-electron chi connectivity index (χ3n) is 4.49. The highest BCUT2D eigenvalue weighted by atomic mass is 16.5. The van der Waals surface area contributed by atoms with Crippen LogP contribution in [0.3, 0.4) is 0 Å². The summed E-state index contributed by atoms with van der Waals surface area (Å²) in [4.78, 5) is 14.7. The molecule has 0 saturated carbocycles. The molecule has 3 rings (SSSR count). The van der Waals surface area contributed by atoms with Crippen LogP contribution in [0, 0.1) is 13.8 Å². The fraction of sp³-hybridized carbons (Fsp3) is 0.500. The first-order chi connectivity index (χ1) is 11.7. The molecule has 0 aliphatic carbocycles. The molecule has 0 unspecified atom stereocenters. The minimum Gasteiger partial charge on any atom is -0.369 e. The fourth-order valence-electron chi connectivity index (χ4n) is 3.55. The van der Waals surface area contributed by atoms with Crippen LogP contribution >= 0.6 is 0 Å². The van der Waals surface area contributed by atoms with Gasteiger partial charge in [0, 0.05) is 24.3 Å². The number of nitrogens with zero attached hydrogens (tertiary/aromatic N) is 3. The minimum atomic E-state index is -0.303. The van der Waals surface area contributed by atoms with Crippen molar-refractivity contribution >= 4 is 5.91 Å². The van der Waals surface area contributed by atoms with E-state index in [9.17, 15) is 4.79 Å². The summed E-state index contributed by atoms with van der Waals surface area (Å²) < 4.78 is 7.87. The van der Waals surface area contributed by atoms with Crippen LogP contribution in [0.4, 0.5) is 0 Å². The van der Waals surface area contributed by atoms with Crippen molar-refractivity contribution in [1.29, 1.82) is 0 Å². The normalized spacial score (nSPS) is 19.9. The van der Waals surface area contributed by atoms with Crippen molar-refractivity contribution in [2.24, 2.45) is 0 Å². The minimum absolute atomic E-state index is 0.0537. The van der Waals surface area contributed by atoms with Gasteiger partial charge in [-0.2, -0.15) is 5.10 Å². The smallest absolute Gasteiger partial charge is 0.254 e. The van der Waals surface area contributed by atoms with Crippen LogP contribution in [0.1, 0.15) is 48.1 Å². The monoisotopic (exact) mass is 341 g/mol. The molecule has 2 aromatic rings. The Morgan fingerprint density at radius 2 is 1.96 bits per heavy atom. The van der Waals surface area contributed by atoms with E-state index in [4.69, 9.17) is 4.74 Å². The van der Waals surface area contributed by atoms with Gasteiger partial charge >= 0.3 is 0 Å². The summed E-state index contributed by atoms with van der Waals surface area (Å²) in [5.74, 6) is 0.0703. The van der Waals surface area contributed by atoms with Crippen LogP contribution < -0.4 is 0 Å².